The van der Waals surface area contributed by atoms with Crippen molar-refractivity contribution in [2.75, 3.05) is 18.4 Å². The highest BCUT2D eigenvalue weighted by molar-refractivity contribution is 5.96. The zero-order valence-electron chi connectivity index (χ0n) is 13.6. The van der Waals surface area contributed by atoms with Crippen molar-refractivity contribution in [3.05, 3.63) is 28.7 Å². The van der Waals surface area contributed by atoms with Crippen molar-refractivity contribution < 1.29 is 9.53 Å². The van der Waals surface area contributed by atoms with Gasteiger partial charge >= 0.3 is 5.69 Å². The number of rotatable bonds is 3. The standard InChI is InChI=1S/C16H22N4O3/c1-9-7-20(8-10(2)23-9)11(3)15(21)17-12-4-5-13-14(6-12)19-16(22)18-13/h4-6,9-11H,7-8H2,1-3H3,(H,17,21)(H2,18,19,22). The molecule has 3 rings (SSSR count). The number of aromatic amines is 2. The highest BCUT2D eigenvalue weighted by atomic mass is 16.5. The van der Waals surface area contributed by atoms with Gasteiger partial charge < -0.3 is 20.0 Å². The minimum absolute atomic E-state index is 0.0662. The molecule has 1 fully saturated rings. The van der Waals surface area contributed by atoms with Gasteiger partial charge in [-0.1, -0.05) is 0 Å². The van der Waals surface area contributed by atoms with Gasteiger partial charge in [0.05, 0.1) is 29.3 Å². The summed E-state index contributed by atoms with van der Waals surface area (Å²) in [6.07, 6.45) is 0.241. The number of imidazole rings is 1. The molecule has 1 saturated heterocycles. The molecular weight excluding hydrogens is 296 g/mol. The number of H-pyrrole nitrogens is 2. The summed E-state index contributed by atoms with van der Waals surface area (Å²) in [5.41, 5.74) is 1.80. The Morgan fingerprint density at radius 1 is 1.26 bits per heavy atom. The van der Waals surface area contributed by atoms with Crippen LogP contribution >= 0.6 is 0 Å². The molecule has 1 aliphatic rings. The lowest BCUT2D eigenvalue weighted by atomic mass is 10.1. The molecule has 2 heterocycles. The van der Waals surface area contributed by atoms with E-state index < -0.39 is 0 Å². The number of ether oxygens (including phenoxy) is 1. The minimum Gasteiger partial charge on any atom is -0.373 e. The Labute approximate surface area is 134 Å². The van der Waals surface area contributed by atoms with Gasteiger partial charge in [0.1, 0.15) is 0 Å². The second-order valence-corrected chi connectivity index (χ2v) is 6.22. The third-order valence-electron chi connectivity index (χ3n) is 4.16. The molecule has 0 saturated carbocycles. The fourth-order valence-corrected chi connectivity index (χ4v) is 3.06. The number of aromatic nitrogens is 2. The molecule has 0 spiro atoms. The molecular formula is C16H22N4O3. The fourth-order valence-electron chi connectivity index (χ4n) is 3.06. The van der Waals surface area contributed by atoms with Gasteiger partial charge in [0.2, 0.25) is 5.91 Å². The Morgan fingerprint density at radius 3 is 2.61 bits per heavy atom. The number of carbonyl (C=O) groups is 1. The number of amides is 1. The largest absolute Gasteiger partial charge is 0.373 e. The van der Waals surface area contributed by atoms with Crippen molar-refractivity contribution in [1.82, 2.24) is 14.9 Å². The second kappa shape index (κ2) is 6.17. The van der Waals surface area contributed by atoms with Crippen LogP contribution in [0.4, 0.5) is 5.69 Å². The van der Waals surface area contributed by atoms with E-state index in [4.69, 9.17) is 4.74 Å². The summed E-state index contributed by atoms with van der Waals surface area (Å²) in [4.78, 5) is 31.3. The monoisotopic (exact) mass is 318 g/mol. The number of nitrogens with zero attached hydrogens (tertiary/aromatic N) is 1. The highest BCUT2D eigenvalue weighted by Crippen LogP contribution is 2.17. The number of morpholine rings is 1. The van der Waals surface area contributed by atoms with Gasteiger partial charge in [-0.25, -0.2) is 4.79 Å². The van der Waals surface area contributed by atoms with Crippen molar-refractivity contribution >= 4 is 22.6 Å². The van der Waals surface area contributed by atoms with Crippen molar-refractivity contribution in [2.24, 2.45) is 0 Å². The van der Waals surface area contributed by atoms with Crippen LogP contribution in [0.2, 0.25) is 0 Å². The van der Waals surface area contributed by atoms with E-state index in [2.05, 4.69) is 20.2 Å². The van der Waals surface area contributed by atoms with E-state index in [0.29, 0.717) is 11.2 Å². The molecule has 3 N–H and O–H groups in total. The van der Waals surface area contributed by atoms with Crippen LogP contribution in [0.15, 0.2) is 23.0 Å². The van der Waals surface area contributed by atoms with Crippen molar-refractivity contribution in [1.29, 1.82) is 0 Å². The normalized spacial score (nSPS) is 23.8. The summed E-state index contributed by atoms with van der Waals surface area (Å²) in [5, 5.41) is 2.91. The maximum absolute atomic E-state index is 12.5. The maximum atomic E-state index is 12.5. The van der Waals surface area contributed by atoms with E-state index in [9.17, 15) is 9.59 Å². The molecule has 1 aliphatic heterocycles. The van der Waals surface area contributed by atoms with Gasteiger partial charge in [0.25, 0.3) is 0 Å². The molecule has 3 unspecified atom stereocenters. The quantitative estimate of drug-likeness (QED) is 0.795. The van der Waals surface area contributed by atoms with E-state index in [0.717, 1.165) is 18.6 Å². The molecule has 0 bridgehead atoms. The lowest BCUT2D eigenvalue weighted by molar-refractivity contribution is -0.126. The predicted molar refractivity (Wildman–Crippen MR) is 88.6 cm³/mol. The SMILES string of the molecule is CC1CN(C(C)C(=O)Nc2ccc3[nH]c(=O)[nH]c3c2)CC(C)O1. The van der Waals surface area contributed by atoms with Crippen LogP contribution in [0.25, 0.3) is 11.0 Å². The van der Waals surface area contributed by atoms with Gasteiger partial charge in [-0.05, 0) is 39.0 Å². The summed E-state index contributed by atoms with van der Waals surface area (Å²) in [6, 6.07) is 5.06. The summed E-state index contributed by atoms with van der Waals surface area (Å²) >= 11 is 0. The van der Waals surface area contributed by atoms with Crippen molar-refractivity contribution in [3.63, 3.8) is 0 Å². The molecule has 124 valence electrons. The molecule has 1 aromatic carbocycles. The zero-order chi connectivity index (χ0) is 16.6. The molecule has 0 aliphatic carbocycles. The zero-order valence-corrected chi connectivity index (χ0v) is 13.6. The van der Waals surface area contributed by atoms with Crippen LogP contribution in [-0.4, -0.2) is 52.1 Å². The molecule has 7 nitrogen and oxygen atoms in total. The molecule has 2 aromatic rings. The van der Waals surface area contributed by atoms with E-state index in [-0.39, 0.29) is 29.8 Å². The lowest BCUT2D eigenvalue weighted by Crippen LogP contribution is -2.52. The Morgan fingerprint density at radius 2 is 1.91 bits per heavy atom. The number of carbonyl (C=O) groups excluding carboxylic acids is 1. The van der Waals surface area contributed by atoms with Gasteiger partial charge in [0.15, 0.2) is 0 Å². The molecule has 1 aromatic heterocycles. The average molecular weight is 318 g/mol. The summed E-state index contributed by atoms with van der Waals surface area (Å²) in [7, 11) is 0. The first-order chi connectivity index (χ1) is 10.9. The Hall–Kier alpha value is -2.12. The number of benzene rings is 1. The number of hydrogen-bond acceptors (Lipinski definition) is 4. The summed E-state index contributed by atoms with van der Waals surface area (Å²) < 4.78 is 5.70. The van der Waals surface area contributed by atoms with Crippen LogP contribution < -0.4 is 11.0 Å². The van der Waals surface area contributed by atoms with Crippen LogP contribution in [0, 0.1) is 0 Å². The summed E-state index contributed by atoms with van der Waals surface area (Å²) in [6.45, 7) is 7.41. The van der Waals surface area contributed by atoms with Gasteiger partial charge in [-0.2, -0.15) is 0 Å². The van der Waals surface area contributed by atoms with Gasteiger partial charge in [-0.15, -0.1) is 0 Å². The Balaban J connectivity index is 1.70. The van der Waals surface area contributed by atoms with Crippen LogP contribution in [0.1, 0.15) is 20.8 Å². The van der Waals surface area contributed by atoms with E-state index in [1.54, 1.807) is 18.2 Å². The maximum Gasteiger partial charge on any atom is 0.323 e. The first-order valence-corrected chi connectivity index (χ1v) is 7.85. The van der Waals surface area contributed by atoms with Crippen LogP contribution in [-0.2, 0) is 9.53 Å². The molecule has 1 amide bonds. The first kappa shape index (κ1) is 15.8. The number of anilines is 1. The molecule has 23 heavy (non-hydrogen) atoms. The van der Waals surface area contributed by atoms with Gasteiger partial charge in [-0.3, -0.25) is 9.69 Å². The third-order valence-corrected chi connectivity index (χ3v) is 4.16. The molecule has 0 radical (unpaired) electrons. The van der Waals surface area contributed by atoms with E-state index >= 15 is 0 Å². The van der Waals surface area contributed by atoms with Gasteiger partial charge in [0, 0.05) is 18.8 Å². The number of hydrogen-bond donors (Lipinski definition) is 3. The minimum atomic E-state index is -0.256. The predicted octanol–water partition coefficient (Wildman–Crippen LogP) is 1.29. The third kappa shape index (κ3) is 3.46. The van der Waals surface area contributed by atoms with Crippen molar-refractivity contribution in [3.8, 4) is 0 Å². The molecule has 3 atom stereocenters. The van der Waals surface area contributed by atoms with Crippen LogP contribution in [0.3, 0.4) is 0 Å². The second-order valence-electron chi connectivity index (χ2n) is 6.22. The average Bonchev–Trinajstić information content (AvgIpc) is 2.84. The topological polar surface area (TPSA) is 90.2 Å². The Kier molecular flexibility index (Phi) is 4.23. The smallest absolute Gasteiger partial charge is 0.323 e. The first-order valence-electron chi connectivity index (χ1n) is 7.85. The number of nitrogens with one attached hydrogen (secondary N) is 3. The lowest BCUT2D eigenvalue weighted by Gasteiger charge is -2.38. The Bertz CT molecular complexity index is 756. The highest BCUT2D eigenvalue weighted by Gasteiger charge is 2.29. The number of fused-ring (bicyclic) bond motifs is 1. The van der Waals surface area contributed by atoms with E-state index in [1.807, 2.05) is 20.8 Å². The van der Waals surface area contributed by atoms with E-state index in [1.165, 1.54) is 0 Å². The molecule has 7 heteroatoms. The fraction of sp³-hybridized carbons (Fsp3) is 0.500. The van der Waals surface area contributed by atoms with Crippen LogP contribution in [0.5, 0.6) is 0 Å². The van der Waals surface area contributed by atoms with Crippen molar-refractivity contribution in [2.45, 2.75) is 39.0 Å². The summed E-state index contributed by atoms with van der Waals surface area (Å²) in [5.74, 6) is -0.0662.